The van der Waals surface area contributed by atoms with E-state index in [1.165, 1.54) is 16.7 Å². The highest BCUT2D eigenvalue weighted by Gasteiger charge is 2.23. The number of amides is 1. The number of aromatic amines is 1. The van der Waals surface area contributed by atoms with E-state index in [2.05, 4.69) is 40.4 Å². The van der Waals surface area contributed by atoms with Gasteiger partial charge in [-0.2, -0.15) is 0 Å². The van der Waals surface area contributed by atoms with Gasteiger partial charge in [-0.15, -0.1) is 0 Å². The van der Waals surface area contributed by atoms with E-state index in [0.717, 1.165) is 52.9 Å². The maximum atomic E-state index is 11.9. The van der Waals surface area contributed by atoms with Crippen LogP contribution in [0, 0.1) is 20.8 Å². The Labute approximate surface area is 146 Å². The van der Waals surface area contributed by atoms with E-state index < -0.39 is 5.91 Å². The van der Waals surface area contributed by atoms with Crippen LogP contribution in [0.4, 0.5) is 0 Å². The molecule has 3 aromatic rings. The number of nitrogens with one attached hydrogen (secondary N) is 2. The summed E-state index contributed by atoms with van der Waals surface area (Å²) < 4.78 is 0. The fraction of sp³-hybridized carbons (Fsp3) is 0.300. The molecule has 4 rings (SSSR count). The van der Waals surface area contributed by atoms with Crippen LogP contribution in [0.1, 0.15) is 38.6 Å². The van der Waals surface area contributed by atoms with Crippen LogP contribution in [0.3, 0.4) is 0 Å². The molecule has 0 spiro atoms. The van der Waals surface area contributed by atoms with Crippen LogP contribution < -0.4 is 11.1 Å². The van der Waals surface area contributed by atoms with E-state index in [4.69, 9.17) is 5.73 Å². The summed E-state index contributed by atoms with van der Waals surface area (Å²) in [4.78, 5) is 19.8. The molecule has 1 aliphatic rings. The van der Waals surface area contributed by atoms with Gasteiger partial charge in [-0.05, 0) is 56.0 Å². The van der Waals surface area contributed by atoms with E-state index in [1.807, 2.05) is 13.8 Å². The normalized spacial score (nSPS) is 13.9. The Bertz CT molecular complexity index is 1020. The van der Waals surface area contributed by atoms with E-state index in [1.54, 1.807) is 0 Å². The SMILES string of the molecule is Cc1nc(C(N)=O)c2[nH]c(C)c(C)c2c1-c1cccc2c1CCNC2. The monoisotopic (exact) mass is 334 g/mol. The van der Waals surface area contributed by atoms with E-state index in [0.29, 0.717) is 5.69 Å². The van der Waals surface area contributed by atoms with Gasteiger partial charge in [0.05, 0.1) is 5.52 Å². The molecule has 1 aromatic carbocycles. The number of rotatable bonds is 2. The lowest BCUT2D eigenvalue weighted by molar-refractivity contribution is 0.0997. The highest BCUT2D eigenvalue weighted by atomic mass is 16.1. The zero-order valence-electron chi connectivity index (χ0n) is 14.8. The fourth-order valence-electron chi connectivity index (χ4n) is 3.94. The van der Waals surface area contributed by atoms with Gasteiger partial charge in [-0.1, -0.05) is 18.2 Å². The van der Waals surface area contributed by atoms with Crippen molar-refractivity contribution in [3.63, 3.8) is 0 Å². The standard InChI is InChI=1S/C20H22N4O/c1-10-11(2)23-18-16(10)17(12(3)24-19(18)20(21)25)15-6-4-5-13-9-22-8-7-14(13)15/h4-6,22-23H,7-9H2,1-3H3,(H2,21,25). The number of aromatic nitrogens is 2. The number of H-pyrrole nitrogens is 1. The first-order valence-electron chi connectivity index (χ1n) is 8.60. The number of pyridine rings is 1. The zero-order chi connectivity index (χ0) is 17.7. The van der Waals surface area contributed by atoms with Crippen LogP contribution in [-0.2, 0) is 13.0 Å². The summed E-state index contributed by atoms with van der Waals surface area (Å²) in [7, 11) is 0. The molecule has 128 valence electrons. The average Bonchev–Trinajstić information content (AvgIpc) is 2.89. The Balaban J connectivity index is 2.12. The molecule has 4 N–H and O–H groups in total. The van der Waals surface area contributed by atoms with Gasteiger partial charge in [0.2, 0.25) is 0 Å². The number of fused-ring (bicyclic) bond motifs is 2. The third-order valence-electron chi connectivity index (χ3n) is 5.27. The van der Waals surface area contributed by atoms with Crippen LogP contribution in [0.25, 0.3) is 22.0 Å². The molecule has 0 saturated carbocycles. The Morgan fingerprint density at radius 2 is 2.04 bits per heavy atom. The van der Waals surface area contributed by atoms with Gasteiger partial charge in [-0.3, -0.25) is 4.79 Å². The number of hydrogen-bond acceptors (Lipinski definition) is 3. The molecule has 1 aliphatic heterocycles. The molecule has 0 bridgehead atoms. The number of aryl methyl sites for hydroxylation is 3. The number of nitrogens with zero attached hydrogens (tertiary/aromatic N) is 1. The maximum absolute atomic E-state index is 11.9. The lowest BCUT2D eigenvalue weighted by Gasteiger charge is -2.22. The molecular weight excluding hydrogens is 312 g/mol. The van der Waals surface area contributed by atoms with Crippen molar-refractivity contribution < 1.29 is 4.79 Å². The molecule has 0 atom stereocenters. The minimum Gasteiger partial charge on any atom is -0.364 e. The van der Waals surface area contributed by atoms with Crippen molar-refractivity contribution in [1.82, 2.24) is 15.3 Å². The Morgan fingerprint density at radius 1 is 1.24 bits per heavy atom. The maximum Gasteiger partial charge on any atom is 0.269 e. The molecule has 3 heterocycles. The van der Waals surface area contributed by atoms with Gasteiger partial charge in [-0.25, -0.2) is 4.98 Å². The number of carbonyl (C=O) groups excluding carboxylic acids is 1. The highest BCUT2D eigenvalue weighted by Crippen LogP contribution is 2.38. The van der Waals surface area contributed by atoms with Gasteiger partial charge in [0, 0.05) is 28.9 Å². The van der Waals surface area contributed by atoms with Crippen molar-refractivity contribution in [2.45, 2.75) is 33.7 Å². The summed E-state index contributed by atoms with van der Waals surface area (Å²) in [5.41, 5.74) is 14.7. The second-order valence-electron chi connectivity index (χ2n) is 6.78. The Kier molecular flexibility index (Phi) is 3.62. The summed E-state index contributed by atoms with van der Waals surface area (Å²) in [5.74, 6) is -0.500. The molecule has 0 saturated heterocycles. The van der Waals surface area contributed by atoms with Gasteiger partial charge in [0.1, 0.15) is 0 Å². The molecule has 0 unspecified atom stereocenters. The lowest BCUT2D eigenvalue weighted by atomic mass is 9.88. The summed E-state index contributed by atoms with van der Waals surface area (Å²) in [6.07, 6.45) is 0.993. The van der Waals surface area contributed by atoms with Crippen molar-refractivity contribution in [2.24, 2.45) is 5.73 Å². The Morgan fingerprint density at radius 3 is 2.80 bits per heavy atom. The molecule has 25 heavy (non-hydrogen) atoms. The van der Waals surface area contributed by atoms with E-state index in [9.17, 15) is 4.79 Å². The summed E-state index contributed by atoms with van der Waals surface area (Å²) in [6.45, 7) is 7.93. The molecule has 5 nitrogen and oxygen atoms in total. The van der Waals surface area contributed by atoms with E-state index in [-0.39, 0.29) is 0 Å². The summed E-state index contributed by atoms with van der Waals surface area (Å²) in [5, 5.41) is 4.49. The second kappa shape index (κ2) is 5.70. The third kappa shape index (κ3) is 2.35. The van der Waals surface area contributed by atoms with Crippen molar-refractivity contribution in [2.75, 3.05) is 6.54 Å². The molecule has 5 heteroatoms. The molecule has 1 amide bonds. The van der Waals surface area contributed by atoms with Crippen molar-refractivity contribution in [3.05, 3.63) is 52.0 Å². The quantitative estimate of drug-likeness (QED) is 0.674. The number of benzene rings is 1. The smallest absolute Gasteiger partial charge is 0.269 e. The predicted molar refractivity (Wildman–Crippen MR) is 99.7 cm³/mol. The lowest BCUT2D eigenvalue weighted by Crippen LogP contribution is -2.24. The largest absolute Gasteiger partial charge is 0.364 e. The van der Waals surface area contributed by atoms with Crippen LogP contribution in [0.2, 0.25) is 0 Å². The van der Waals surface area contributed by atoms with Crippen LogP contribution >= 0.6 is 0 Å². The molecule has 0 aliphatic carbocycles. The minimum atomic E-state index is -0.500. The average molecular weight is 334 g/mol. The molecule has 2 aromatic heterocycles. The molecule has 0 fully saturated rings. The number of nitrogens with two attached hydrogens (primary N) is 1. The van der Waals surface area contributed by atoms with Crippen LogP contribution in [-0.4, -0.2) is 22.4 Å². The van der Waals surface area contributed by atoms with Crippen molar-refractivity contribution >= 4 is 16.8 Å². The van der Waals surface area contributed by atoms with Crippen LogP contribution in [0.5, 0.6) is 0 Å². The highest BCUT2D eigenvalue weighted by molar-refractivity contribution is 6.09. The zero-order valence-corrected chi connectivity index (χ0v) is 14.8. The first-order chi connectivity index (χ1) is 12.0. The second-order valence-corrected chi connectivity index (χ2v) is 6.78. The van der Waals surface area contributed by atoms with Crippen molar-refractivity contribution in [3.8, 4) is 11.1 Å². The minimum absolute atomic E-state index is 0.318. The van der Waals surface area contributed by atoms with Gasteiger partial charge in [0.15, 0.2) is 5.69 Å². The first-order valence-corrected chi connectivity index (χ1v) is 8.60. The first kappa shape index (κ1) is 15.8. The number of carbonyl (C=O) groups is 1. The van der Waals surface area contributed by atoms with Gasteiger partial charge < -0.3 is 16.0 Å². The topological polar surface area (TPSA) is 83.8 Å². The van der Waals surface area contributed by atoms with Gasteiger partial charge >= 0.3 is 0 Å². The summed E-state index contributed by atoms with van der Waals surface area (Å²) in [6, 6.07) is 6.44. The summed E-state index contributed by atoms with van der Waals surface area (Å²) >= 11 is 0. The number of primary amides is 1. The molecular formula is C20H22N4O. The van der Waals surface area contributed by atoms with Crippen molar-refractivity contribution in [1.29, 1.82) is 0 Å². The predicted octanol–water partition coefficient (Wildman–Crippen LogP) is 2.90. The van der Waals surface area contributed by atoms with Gasteiger partial charge in [0.25, 0.3) is 5.91 Å². The number of hydrogen-bond donors (Lipinski definition) is 3. The molecule has 0 radical (unpaired) electrons. The van der Waals surface area contributed by atoms with Crippen LogP contribution in [0.15, 0.2) is 18.2 Å². The fourth-order valence-corrected chi connectivity index (χ4v) is 3.94. The third-order valence-corrected chi connectivity index (χ3v) is 5.27. The Hall–Kier alpha value is -2.66. The van der Waals surface area contributed by atoms with E-state index >= 15 is 0 Å².